The summed E-state index contributed by atoms with van der Waals surface area (Å²) in [6.45, 7) is -0.0516. The summed E-state index contributed by atoms with van der Waals surface area (Å²) in [5.74, 6) is -0.870. The van der Waals surface area contributed by atoms with Crippen LogP contribution in [0.5, 0.6) is 0 Å². The maximum Gasteiger partial charge on any atom is 0.417 e. The lowest BCUT2D eigenvalue weighted by molar-refractivity contribution is -0.139. The van der Waals surface area contributed by atoms with E-state index in [1.165, 1.54) is 24.3 Å². The number of benzene rings is 2. The standard InChI is InChI=1S/C19H15F3N2O6S2/c20-19(21,22)13-7-4-8-15-17(13)16(31(26,27)23-14-9-10-30-18(14)25)11-24(15)32(28,29)12-5-2-1-3-6-12/h1-8,11,14,23H,9-10H2. The number of carbonyl (C=O) groups is 1. The van der Waals surface area contributed by atoms with Gasteiger partial charge in [-0.25, -0.2) is 20.8 Å². The average molecular weight is 488 g/mol. The van der Waals surface area contributed by atoms with E-state index < -0.39 is 59.6 Å². The van der Waals surface area contributed by atoms with Crippen LogP contribution in [0.1, 0.15) is 12.0 Å². The van der Waals surface area contributed by atoms with Crippen molar-refractivity contribution < 1.29 is 39.5 Å². The summed E-state index contributed by atoms with van der Waals surface area (Å²) in [5, 5.41) is -0.821. The molecule has 4 rings (SSSR count). The van der Waals surface area contributed by atoms with Crippen molar-refractivity contribution in [2.24, 2.45) is 0 Å². The molecule has 1 atom stereocenters. The summed E-state index contributed by atoms with van der Waals surface area (Å²) in [4.78, 5) is 10.5. The number of esters is 1. The molecule has 0 amide bonds. The second-order valence-electron chi connectivity index (χ2n) is 6.93. The van der Waals surface area contributed by atoms with Crippen molar-refractivity contribution in [3.63, 3.8) is 0 Å². The van der Waals surface area contributed by atoms with E-state index >= 15 is 0 Å². The zero-order valence-electron chi connectivity index (χ0n) is 16.0. The van der Waals surface area contributed by atoms with Crippen molar-refractivity contribution >= 4 is 36.9 Å². The summed E-state index contributed by atoms with van der Waals surface area (Å²) < 4.78 is 101. The molecule has 170 valence electrons. The van der Waals surface area contributed by atoms with Crippen molar-refractivity contribution in [3.8, 4) is 0 Å². The average Bonchev–Trinajstić information content (AvgIpc) is 3.32. The second kappa shape index (κ2) is 7.60. The number of rotatable bonds is 5. The van der Waals surface area contributed by atoms with Crippen LogP contribution in [0.4, 0.5) is 13.2 Å². The molecule has 0 bridgehead atoms. The Morgan fingerprint density at radius 2 is 1.69 bits per heavy atom. The predicted molar refractivity (Wildman–Crippen MR) is 106 cm³/mol. The Bertz CT molecular complexity index is 1410. The first-order valence-corrected chi connectivity index (χ1v) is 12.1. The Morgan fingerprint density at radius 3 is 2.28 bits per heavy atom. The lowest BCUT2D eigenvalue weighted by atomic mass is 10.1. The molecule has 0 spiro atoms. The molecule has 1 unspecified atom stereocenters. The summed E-state index contributed by atoms with van der Waals surface area (Å²) in [6, 6.07) is 8.29. The SMILES string of the molecule is O=C1OCCC1NS(=O)(=O)c1cn(S(=O)(=O)c2ccccc2)c2cccc(C(F)(F)F)c12. The van der Waals surface area contributed by atoms with Gasteiger partial charge >= 0.3 is 12.1 Å². The smallest absolute Gasteiger partial charge is 0.417 e. The third-order valence-corrected chi connectivity index (χ3v) is 8.06. The van der Waals surface area contributed by atoms with Crippen LogP contribution < -0.4 is 4.72 Å². The molecule has 0 aliphatic carbocycles. The van der Waals surface area contributed by atoms with Gasteiger partial charge in [0.2, 0.25) is 10.0 Å². The molecular formula is C19H15F3N2O6S2. The van der Waals surface area contributed by atoms with Crippen molar-refractivity contribution in [2.45, 2.75) is 28.4 Å². The number of carbonyl (C=O) groups excluding carboxylic acids is 1. The quantitative estimate of drug-likeness (QED) is 0.553. The van der Waals surface area contributed by atoms with Gasteiger partial charge in [-0.15, -0.1) is 0 Å². The van der Waals surface area contributed by atoms with Gasteiger partial charge in [-0.1, -0.05) is 24.3 Å². The highest BCUT2D eigenvalue weighted by molar-refractivity contribution is 7.91. The summed E-state index contributed by atoms with van der Waals surface area (Å²) in [7, 11) is -9.18. The van der Waals surface area contributed by atoms with Crippen LogP contribution in [-0.4, -0.2) is 39.4 Å². The second-order valence-corrected chi connectivity index (χ2v) is 10.4. The molecule has 1 saturated heterocycles. The number of halogens is 3. The lowest BCUT2D eigenvalue weighted by Crippen LogP contribution is -2.37. The number of nitrogens with one attached hydrogen (secondary N) is 1. The van der Waals surface area contributed by atoms with Crippen LogP contribution in [0.25, 0.3) is 10.9 Å². The first-order chi connectivity index (χ1) is 14.9. The van der Waals surface area contributed by atoms with Crippen molar-refractivity contribution in [1.29, 1.82) is 0 Å². The molecule has 2 aromatic carbocycles. The maximum absolute atomic E-state index is 13.7. The number of nitrogens with zero attached hydrogens (tertiary/aromatic N) is 1. The van der Waals surface area contributed by atoms with Crippen LogP contribution in [0.15, 0.2) is 64.5 Å². The Balaban J connectivity index is 2.00. The van der Waals surface area contributed by atoms with E-state index in [4.69, 9.17) is 0 Å². The fraction of sp³-hybridized carbons (Fsp3) is 0.211. The maximum atomic E-state index is 13.7. The normalized spacial score (nSPS) is 17.6. The number of fused-ring (bicyclic) bond motifs is 1. The highest BCUT2D eigenvalue weighted by Crippen LogP contribution is 2.39. The van der Waals surface area contributed by atoms with E-state index in [2.05, 4.69) is 4.74 Å². The summed E-state index contributed by atoms with van der Waals surface area (Å²) in [6.07, 6.45) is -4.37. The fourth-order valence-corrected chi connectivity index (χ4v) is 6.32. The predicted octanol–water partition coefficient (Wildman–Crippen LogP) is 2.49. The van der Waals surface area contributed by atoms with E-state index in [9.17, 15) is 34.8 Å². The zero-order valence-corrected chi connectivity index (χ0v) is 17.7. The highest BCUT2D eigenvalue weighted by atomic mass is 32.2. The molecule has 2 heterocycles. The number of ether oxygens (including phenoxy) is 1. The minimum Gasteiger partial charge on any atom is -0.464 e. The first-order valence-electron chi connectivity index (χ1n) is 9.14. The van der Waals surface area contributed by atoms with Gasteiger partial charge in [-0.05, 0) is 24.3 Å². The van der Waals surface area contributed by atoms with E-state index in [0.29, 0.717) is 16.2 Å². The Morgan fingerprint density at radius 1 is 1.00 bits per heavy atom. The van der Waals surface area contributed by atoms with Crippen LogP contribution in [0.3, 0.4) is 0 Å². The number of hydrogen-bond acceptors (Lipinski definition) is 6. The monoisotopic (exact) mass is 488 g/mol. The third-order valence-electron chi connectivity index (χ3n) is 4.89. The molecule has 0 saturated carbocycles. The number of aromatic nitrogens is 1. The van der Waals surface area contributed by atoms with Gasteiger partial charge in [-0.3, -0.25) is 4.79 Å². The number of cyclic esters (lactones) is 1. The molecule has 13 heteroatoms. The van der Waals surface area contributed by atoms with Crippen LogP contribution in [0.2, 0.25) is 0 Å². The van der Waals surface area contributed by atoms with Crippen LogP contribution >= 0.6 is 0 Å². The molecule has 3 aromatic rings. The van der Waals surface area contributed by atoms with Crippen LogP contribution in [0, 0.1) is 0 Å². The minimum absolute atomic E-state index is 0.00878. The molecule has 1 aliphatic rings. The van der Waals surface area contributed by atoms with E-state index in [1.54, 1.807) is 6.07 Å². The zero-order chi connectivity index (χ0) is 23.3. The molecule has 1 aromatic heterocycles. The highest BCUT2D eigenvalue weighted by Gasteiger charge is 2.39. The van der Waals surface area contributed by atoms with Gasteiger partial charge in [0.15, 0.2) is 0 Å². The van der Waals surface area contributed by atoms with Gasteiger partial charge < -0.3 is 4.74 Å². The van der Waals surface area contributed by atoms with Crippen LogP contribution in [-0.2, 0) is 35.8 Å². The summed E-state index contributed by atoms with van der Waals surface area (Å²) in [5.41, 5.74) is -1.80. The van der Waals surface area contributed by atoms with E-state index in [1.807, 2.05) is 4.72 Å². The molecule has 1 aliphatic heterocycles. The van der Waals surface area contributed by atoms with E-state index in [-0.39, 0.29) is 17.9 Å². The fourth-order valence-electron chi connectivity index (χ4n) is 3.42. The molecule has 1 fully saturated rings. The molecule has 8 nitrogen and oxygen atoms in total. The lowest BCUT2D eigenvalue weighted by Gasteiger charge is -2.12. The van der Waals surface area contributed by atoms with Gasteiger partial charge in [0.1, 0.15) is 10.9 Å². The largest absolute Gasteiger partial charge is 0.464 e. The first kappa shape index (κ1) is 22.3. The van der Waals surface area contributed by atoms with Crippen molar-refractivity contribution in [1.82, 2.24) is 8.69 Å². The Kier molecular flexibility index (Phi) is 5.30. The van der Waals surface area contributed by atoms with Gasteiger partial charge in [0.25, 0.3) is 10.0 Å². The van der Waals surface area contributed by atoms with Crippen molar-refractivity contribution in [3.05, 3.63) is 60.3 Å². The number of alkyl halides is 3. The molecule has 0 radical (unpaired) electrons. The van der Waals surface area contributed by atoms with Gasteiger partial charge in [0.05, 0.1) is 22.6 Å². The topological polar surface area (TPSA) is 112 Å². The van der Waals surface area contributed by atoms with Gasteiger partial charge in [-0.2, -0.15) is 17.9 Å². The number of hydrogen-bond donors (Lipinski definition) is 1. The molecular weight excluding hydrogens is 473 g/mol. The minimum atomic E-state index is -4.97. The summed E-state index contributed by atoms with van der Waals surface area (Å²) >= 11 is 0. The Hall–Kier alpha value is -2.90. The van der Waals surface area contributed by atoms with E-state index in [0.717, 1.165) is 12.1 Å². The van der Waals surface area contributed by atoms with Crippen molar-refractivity contribution in [2.75, 3.05) is 6.61 Å². The Labute approximate surface area is 180 Å². The third kappa shape index (κ3) is 3.76. The molecule has 1 N–H and O–H groups in total. The van der Waals surface area contributed by atoms with Gasteiger partial charge in [0, 0.05) is 18.0 Å². The number of sulfonamides is 1. The molecule has 32 heavy (non-hydrogen) atoms.